The molecule has 0 aromatic carbocycles. The molecule has 0 atom stereocenters. The lowest BCUT2D eigenvalue weighted by Gasteiger charge is -2.24. The van der Waals surface area contributed by atoms with E-state index in [1.54, 1.807) is 0 Å². The Bertz CT molecular complexity index is 266. The van der Waals surface area contributed by atoms with Crippen molar-refractivity contribution in [1.29, 1.82) is 0 Å². The van der Waals surface area contributed by atoms with Crippen molar-refractivity contribution in [3.05, 3.63) is 0 Å². The zero-order chi connectivity index (χ0) is 12.1. The molecule has 0 aliphatic heterocycles. The van der Waals surface area contributed by atoms with E-state index < -0.39 is 0 Å². The van der Waals surface area contributed by atoms with Crippen molar-refractivity contribution in [1.82, 2.24) is 5.32 Å². The molecule has 106 valence electrons. The van der Waals surface area contributed by atoms with Crippen molar-refractivity contribution in [2.24, 2.45) is 16.1 Å². The first-order chi connectivity index (χ1) is 8.18. The van der Waals surface area contributed by atoms with Gasteiger partial charge in [-0.15, -0.1) is 24.0 Å². The molecule has 0 bridgehead atoms. The van der Waals surface area contributed by atoms with E-state index in [1.807, 2.05) is 0 Å². The molecule has 2 aliphatic carbocycles. The van der Waals surface area contributed by atoms with E-state index in [4.69, 9.17) is 5.73 Å². The van der Waals surface area contributed by atoms with Gasteiger partial charge in [-0.3, -0.25) is 4.99 Å². The lowest BCUT2D eigenvalue weighted by Crippen LogP contribution is -2.41. The fourth-order valence-corrected chi connectivity index (χ4v) is 3.16. The zero-order valence-electron chi connectivity index (χ0n) is 11.6. The summed E-state index contributed by atoms with van der Waals surface area (Å²) in [4.78, 5) is 4.56. The maximum atomic E-state index is 5.98. The Morgan fingerprint density at radius 1 is 1.17 bits per heavy atom. The smallest absolute Gasteiger partial charge is 0.188 e. The van der Waals surface area contributed by atoms with Crippen LogP contribution >= 0.6 is 24.0 Å². The summed E-state index contributed by atoms with van der Waals surface area (Å²) in [6.45, 7) is 3.25. The van der Waals surface area contributed by atoms with Crippen LogP contribution in [0.5, 0.6) is 0 Å². The summed E-state index contributed by atoms with van der Waals surface area (Å²) in [6, 6.07) is 0.573. The van der Waals surface area contributed by atoms with Gasteiger partial charge in [-0.2, -0.15) is 0 Å². The number of nitrogens with one attached hydrogen (secondary N) is 1. The predicted molar refractivity (Wildman–Crippen MR) is 88.5 cm³/mol. The number of rotatable bonds is 3. The summed E-state index contributed by atoms with van der Waals surface area (Å²) in [7, 11) is 0. The van der Waals surface area contributed by atoms with Crippen LogP contribution in [-0.4, -0.2) is 18.5 Å². The van der Waals surface area contributed by atoms with Crippen molar-refractivity contribution in [3.8, 4) is 0 Å². The van der Waals surface area contributed by atoms with Crippen LogP contribution in [-0.2, 0) is 0 Å². The molecule has 3 N–H and O–H groups in total. The SMILES string of the molecule is CC1(CN=C(N)NC2CCCCC2)CCCC1.I. The molecule has 2 fully saturated rings. The molecule has 0 heterocycles. The third-order valence-electron chi connectivity index (χ3n) is 4.40. The van der Waals surface area contributed by atoms with E-state index in [-0.39, 0.29) is 24.0 Å². The van der Waals surface area contributed by atoms with E-state index in [1.165, 1.54) is 57.8 Å². The van der Waals surface area contributed by atoms with Gasteiger partial charge in [-0.1, -0.05) is 39.0 Å². The molecule has 0 unspecified atom stereocenters. The minimum atomic E-state index is 0. The number of hydrogen-bond acceptors (Lipinski definition) is 1. The molecule has 2 saturated carbocycles. The molecule has 0 aromatic rings. The van der Waals surface area contributed by atoms with Gasteiger partial charge < -0.3 is 11.1 Å². The minimum absolute atomic E-state index is 0. The lowest BCUT2D eigenvalue weighted by molar-refractivity contribution is 0.349. The fraction of sp³-hybridized carbons (Fsp3) is 0.929. The number of guanidine groups is 1. The molecule has 18 heavy (non-hydrogen) atoms. The molecular formula is C14H28IN3. The summed E-state index contributed by atoms with van der Waals surface area (Å²) in [5, 5.41) is 3.39. The summed E-state index contributed by atoms with van der Waals surface area (Å²) in [6.07, 6.45) is 11.9. The maximum Gasteiger partial charge on any atom is 0.188 e. The molecule has 0 radical (unpaired) electrons. The van der Waals surface area contributed by atoms with Crippen LogP contribution in [0.4, 0.5) is 0 Å². The summed E-state index contributed by atoms with van der Waals surface area (Å²) >= 11 is 0. The highest BCUT2D eigenvalue weighted by Crippen LogP contribution is 2.37. The van der Waals surface area contributed by atoms with Crippen molar-refractivity contribution in [3.63, 3.8) is 0 Å². The Hall–Kier alpha value is 0. The minimum Gasteiger partial charge on any atom is -0.370 e. The average molecular weight is 365 g/mol. The van der Waals surface area contributed by atoms with Crippen LogP contribution in [0.1, 0.15) is 64.7 Å². The zero-order valence-corrected chi connectivity index (χ0v) is 13.9. The highest BCUT2D eigenvalue weighted by Gasteiger charge is 2.28. The van der Waals surface area contributed by atoms with Crippen LogP contribution in [0, 0.1) is 5.41 Å². The second-order valence-corrected chi connectivity index (χ2v) is 6.20. The van der Waals surface area contributed by atoms with Gasteiger partial charge in [0.2, 0.25) is 0 Å². The van der Waals surface area contributed by atoms with E-state index in [2.05, 4.69) is 17.2 Å². The quantitative estimate of drug-likeness (QED) is 0.457. The third-order valence-corrected chi connectivity index (χ3v) is 4.40. The Morgan fingerprint density at radius 2 is 1.78 bits per heavy atom. The number of hydrogen-bond donors (Lipinski definition) is 2. The van der Waals surface area contributed by atoms with E-state index in [9.17, 15) is 0 Å². The molecule has 0 amide bonds. The van der Waals surface area contributed by atoms with Crippen LogP contribution in [0.15, 0.2) is 4.99 Å². The second-order valence-electron chi connectivity index (χ2n) is 6.20. The van der Waals surface area contributed by atoms with Crippen molar-refractivity contribution < 1.29 is 0 Å². The maximum absolute atomic E-state index is 5.98. The van der Waals surface area contributed by atoms with E-state index in [0.29, 0.717) is 17.4 Å². The Balaban J connectivity index is 0.00000162. The van der Waals surface area contributed by atoms with Crippen molar-refractivity contribution in [2.45, 2.75) is 70.8 Å². The first-order valence-corrected chi connectivity index (χ1v) is 7.24. The monoisotopic (exact) mass is 365 g/mol. The highest BCUT2D eigenvalue weighted by molar-refractivity contribution is 14.0. The highest BCUT2D eigenvalue weighted by atomic mass is 127. The van der Waals surface area contributed by atoms with Gasteiger partial charge in [0.1, 0.15) is 0 Å². The summed E-state index contributed by atoms with van der Waals surface area (Å²) in [5.41, 5.74) is 6.40. The van der Waals surface area contributed by atoms with Crippen molar-refractivity contribution in [2.75, 3.05) is 6.54 Å². The van der Waals surface area contributed by atoms with E-state index >= 15 is 0 Å². The van der Waals surface area contributed by atoms with Crippen LogP contribution in [0.3, 0.4) is 0 Å². The van der Waals surface area contributed by atoms with Gasteiger partial charge in [0, 0.05) is 12.6 Å². The topological polar surface area (TPSA) is 50.4 Å². The Kier molecular flexibility index (Phi) is 6.74. The molecule has 0 aromatic heterocycles. The molecule has 2 aliphatic rings. The third kappa shape index (κ3) is 4.94. The van der Waals surface area contributed by atoms with Gasteiger partial charge in [0.05, 0.1) is 0 Å². The first-order valence-electron chi connectivity index (χ1n) is 7.24. The molecule has 3 nitrogen and oxygen atoms in total. The van der Waals surface area contributed by atoms with Crippen molar-refractivity contribution >= 4 is 29.9 Å². The largest absolute Gasteiger partial charge is 0.370 e. The number of aliphatic imine (C=N–C) groups is 1. The predicted octanol–water partition coefficient (Wildman–Crippen LogP) is 3.42. The Labute approximate surface area is 128 Å². The van der Waals surface area contributed by atoms with Gasteiger partial charge in [0.25, 0.3) is 0 Å². The number of nitrogens with two attached hydrogens (primary N) is 1. The van der Waals surface area contributed by atoms with Crippen LogP contribution < -0.4 is 11.1 Å². The fourth-order valence-electron chi connectivity index (χ4n) is 3.16. The summed E-state index contributed by atoms with van der Waals surface area (Å²) < 4.78 is 0. The number of halogens is 1. The first kappa shape index (κ1) is 16.1. The van der Waals surface area contributed by atoms with Crippen LogP contribution in [0.2, 0.25) is 0 Å². The normalized spacial score (nSPS) is 24.6. The molecule has 0 spiro atoms. The lowest BCUT2D eigenvalue weighted by atomic mass is 9.89. The van der Waals surface area contributed by atoms with Gasteiger partial charge in [0.15, 0.2) is 5.96 Å². The molecular weight excluding hydrogens is 337 g/mol. The van der Waals surface area contributed by atoms with Gasteiger partial charge >= 0.3 is 0 Å². The van der Waals surface area contributed by atoms with Gasteiger partial charge in [-0.05, 0) is 31.1 Å². The van der Waals surface area contributed by atoms with Crippen LogP contribution in [0.25, 0.3) is 0 Å². The molecule has 4 heteroatoms. The van der Waals surface area contributed by atoms with Gasteiger partial charge in [-0.25, -0.2) is 0 Å². The summed E-state index contributed by atoms with van der Waals surface area (Å²) in [5.74, 6) is 0.671. The number of nitrogens with zero attached hydrogens (tertiary/aromatic N) is 1. The standard InChI is InChI=1S/C14H27N3.HI/c1-14(9-5-6-10-14)11-16-13(15)17-12-7-3-2-4-8-12;/h12H,2-11H2,1H3,(H3,15,16,17);1H. The average Bonchev–Trinajstić information content (AvgIpc) is 2.76. The molecule has 2 rings (SSSR count). The Morgan fingerprint density at radius 3 is 2.39 bits per heavy atom. The molecule has 0 saturated heterocycles. The van der Waals surface area contributed by atoms with E-state index in [0.717, 1.165) is 6.54 Å². The second kappa shape index (κ2) is 7.56.